The van der Waals surface area contributed by atoms with Gasteiger partial charge in [-0.2, -0.15) is 0 Å². The zero-order chi connectivity index (χ0) is 14.2. The van der Waals surface area contributed by atoms with E-state index in [2.05, 4.69) is 15.3 Å². The molecule has 0 atom stereocenters. The number of hydrogen-bond acceptors (Lipinski definition) is 4. The number of imidazole rings is 1. The van der Waals surface area contributed by atoms with Crippen molar-refractivity contribution in [3.05, 3.63) is 42.5 Å². The smallest absolute Gasteiger partial charge is 0.290 e. The van der Waals surface area contributed by atoms with Crippen LogP contribution in [0.1, 0.15) is 10.6 Å². The first-order valence-corrected chi connectivity index (χ1v) is 7.06. The molecule has 1 saturated heterocycles. The molecule has 0 unspecified atom stereocenters. The molecule has 1 fully saturated rings. The predicted molar refractivity (Wildman–Crippen MR) is 86.5 cm³/mol. The van der Waals surface area contributed by atoms with Crippen LogP contribution in [-0.2, 0) is 0 Å². The fourth-order valence-electron chi connectivity index (χ4n) is 2.77. The number of aromatic nitrogens is 3. The number of carbonyl (C=O) groups is 1. The number of piperazine rings is 1. The summed E-state index contributed by atoms with van der Waals surface area (Å²) in [5, 5.41) is 3.25. The van der Waals surface area contributed by atoms with Gasteiger partial charge in [-0.05, 0) is 12.1 Å². The number of nitrogens with zero attached hydrogens (tertiary/aromatic N) is 4. The Hall–Kier alpha value is -2.18. The summed E-state index contributed by atoms with van der Waals surface area (Å²) in [5.41, 5.74) is 2.61. The molecule has 0 radical (unpaired) electrons. The summed E-state index contributed by atoms with van der Waals surface area (Å²) in [6, 6.07) is 7.79. The van der Waals surface area contributed by atoms with Crippen LogP contribution >= 0.6 is 12.4 Å². The molecule has 1 aliphatic rings. The SMILES string of the molecule is Cl.O=C(c1ncc2cnc3ccccc3n12)N1CCNCC1. The van der Waals surface area contributed by atoms with Crippen LogP contribution in [-0.4, -0.2) is 51.4 Å². The molecule has 7 heteroatoms. The molecule has 2 aromatic heterocycles. The summed E-state index contributed by atoms with van der Waals surface area (Å²) < 4.78 is 1.90. The molecule has 6 nitrogen and oxygen atoms in total. The van der Waals surface area contributed by atoms with Crippen molar-refractivity contribution in [1.29, 1.82) is 0 Å². The Balaban J connectivity index is 0.00000144. The highest BCUT2D eigenvalue weighted by Crippen LogP contribution is 2.17. The second kappa shape index (κ2) is 5.90. The van der Waals surface area contributed by atoms with E-state index in [-0.39, 0.29) is 18.3 Å². The van der Waals surface area contributed by atoms with Crippen LogP contribution in [0.3, 0.4) is 0 Å². The Morgan fingerprint density at radius 2 is 1.82 bits per heavy atom. The fourth-order valence-corrected chi connectivity index (χ4v) is 2.77. The Labute approximate surface area is 133 Å². The van der Waals surface area contributed by atoms with E-state index in [1.807, 2.05) is 33.6 Å². The molecule has 114 valence electrons. The Kier molecular flexibility index (Phi) is 3.96. The van der Waals surface area contributed by atoms with Crippen molar-refractivity contribution >= 4 is 34.9 Å². The number of para-hydroxylation sites is 2. The van der Waals surface area contributed by atoms with E-state index < -0.39 is 0 Å². The normalized spacial score (nSPS) is 15.0. The molecule has 1 aromatic carbocycles. The topological polar surface area (TPSA) is 62.5 Å². The minimum Gasteiger partial charge on any atom is -0.333 e. The van der Waals surface area contributed by atoms with E-state index in [0.29, 0.717) is 5.82 Å². The number of halogens is 1. The minimum atomic E-state index is -0.0205. The van der Waals surface area contributed by atoms with Gasteiger partial charge in [-0.3, -0.25) is 14.2 Å². The van der Waals surface area contributed by atoms with Gasteiger partial charge in [-0.25, -0.2) is 4.98 Å². The standard InChI is InChI=1S/C15H15N5O.ClH/c21-15(19-7-5-16-6-8-19)14-18-10-11-9-17-12-3-1-2-4-13(12)20(11)14;/h1-4,9-10,16H,5-8H2;1H. The van der Waals surface area contributed by atoms with Crippen LogP contribution in [0.2, 0.25) is 0 Å². The molecular weight excluding hydrogens is 302 g/mol. The van der Waals surface area contributed by atoms with Gasteiger partial charge in [0.05, 0.1) is 28.9 Å². The second-order valence-corrected chi connectivity index (χ2v) is 5.13. The molecule has 3 heterocycles. The van der Waals surface area contributed by atoms with Crippen LogP contribution in [0.5, 0.6) is 0 Å². The van der Waals surface area contributed by atoms with Crippen molar-refractivity contribution in [3.63, 3.8) is 0 Å². The third-order valence-corrected chi connectivity index (χ3v) is 3.84. The van der Waals surface area contributed by atoms with Gasteiger partial charge in [-0.1, -0.05) is 12.1 Å². The largest absolute Gasteiger partial charge is 0.333 e. The number of amides is 1. The Morgan fingerprint density at radius 1 is 1.09 bits per heavy atom. The number of hydrogen-bond donors (Lipinski definition) is 1. The van der Waals surface area contributed by atoms with Crippen molar-refractivity contribution in [2.75, 3.05) is 26.2 Å². The maximum Gasteiger partial charge on any atom is 0.290 e. The average Bonchev–Trinajstić information content (AvgIpc) is 2.99. The van der Waals surface area contributed by atoms with Crippen LogP contribution < -0.4 is 5.32 Å². The predicted octanol–water partition coefficient (Wildman–Crippen LogP) is 1.35. The molecule has 0 aliphatic carbocycles. The van der Waals surface area contributed by atoms with E-state index in [4.69, 9.17) is 0 Å². The first-order valence-electron chi connectivity index (χ1n) is 7.06. The average molecular weight is 318 g/mol. The quantitative estimate of drug-likeness (QED) is 0.736. The fraction of sp³-hybridized carbons (Fsp3) is 0.267. The van der Waals surface area contributed by atoms with Gasteiger partial charge in [0.2, 0.25) is 5.82 Å². The van der Waals surface area contributed by atoms with Gasteiger partial charge < -0.3 is 10.2 Å². The molecule has 0 bridgehead atoms. The van der Waals surface area contributed by atoms with Crippen molar-refractivity contribution in [3.8, 4) is 0 Å². The molecule has 1 aliphatic heterocycles. The molecule has 0 spiro atoms. The van der Waals surface area contributed by atoms with E-state index in [1.165, 1.54) is 0 Å². The van der Waals surface area contributed by atoms with E-state index in [0.717, 1.165) is 42.7 Å². The van der Waals surface area contributed by atoms with Gasteiger partial charge in [0.1, 0.15) is 0 Å². The van der Waals surface area contributed by atoms with E-state index in [1.54, 1.807) is 12.4 Å². The van der Waals surface area contributed by atoms with Crippen molar-refractivity contribution in [2.45, 2.75) is 0 Å². The molecular formula is C15H16ClN5O. The molecule has 0 saturated carbocycles. The summed E-state index contributed by atoms with van der Waals surface area (Å²) in [5.74, 6) is 0.443. The van der Waals surface area contributed by atoms with Gasteiger partial charge in [0, 0.05) is 26.2 Å². The first kappa shape index (κ1) is 14.7. The van der Waals surface area contributed by atoms with Gasteiger partial charge in [-0.15, -0.1) is 12.4 Å². The lowest BCUT2D eigenvalue weighted by molar-refractivity contribution is 0.0723. The monoisotopic (exact) mass is 317 g/mol. The molecule has 1 amide bonds. The van der Waals surface area contributed by atoms with Crippen molar-refractivity contribution < 1.29 is 4.79 Å². The van der Waals surface area contributed by atoms with Crippen molar-refractivity contribution in [2.24, 2.45) is 0 Å². The van der Waals surface area contributed by atoms with Crippen molar-refractivity contribution in [1.82, 2.24) is 24.6 Å². The first-order chi connectivity index (χ1) is 10.3. The Morgan fingerprint density at radius 3 is 2.64 bits per heavy atom. The van der Waals surface area contributed by atoms with Gasteiger partial charge >= 0.3 is 0 Å². The zero-order valence-electron chi connectivity index (χ0n) is 11.9. The lowest BCUT2D eigenvalue weighted by Gasteiger charge is -2.26. The molecule has 1 N–H and O–H groups in total. The van der Waals surface area contributed by atoms with Crippen LogP contribution in [0.25, 0.3) is 16.6 Å². The zero-order valence-corrected chi connectivity index (χ0v) is 12.7. The third kappa shape index (κ3) is 2.30. The highest BCUT2D eigenvalue weighted by atomic mass is 35.5. The minimum absolute atomic E-state index is 0. The maximum atomic E-state index is 12.7. The summed E-state index contributed by atoms with van der Waals surface area (Å²) in [6.07, 6.45) is 3.46. The third-order valence-electron chi connectivity index (χ3n) is 3.84. The van der Waals surface area contributed by atoms with Crippen LogP contribution in [0, 0.1) is 0 Å². The molecule has 4 rings (SSSR count). The van der Waals surface area contributed by atoms with Crippen LogP contribution in [0.15, 0.2) is 36.7 Å². The Bertz CT molecular complexity index is 825. The molecule has 22 heavy (non-hydrogen) atoms. The van der Waals surface area contributed by atoms with Crippen LogP contribution in [0.4, 0.5) is 0 Å². The molecule has 3 aromatic rings. The van der Waals surface area contributed by atoms with Gasteiger partial charge in [0.15, 0.2) is 0 Å². The van der Waals surface area contributed by atoms with E-state index >= 15 is 0 Å². The lowest BCUT2D eigenvalue weighted by atomic mass is 10.3. The summed E-state index contributed by atoms with van der Waals surface area (Å²) >= 11 is 0. The highest BCUT2D eigenvalue weighted by molar-refractivity contribution is 5.94. The summed E-state index contributed by atoms with van der Waals surface area (Å²) in [4.78, 5) is 23.3. The number of benzene rings is 1. The summed E-state index contributed by atoms with van der Waals surface area (Å²) in [7, 11) is 0. The maximum absolute atomic E-state index is 12.7. The second-order valence-electron chi connectivity index (χ2n) is 5.13. The number of rotatable bonds is 1. The summed E-state index contributed by atoms with van der Waals surface area (Å²) in [6.45, 7) is 3.10. The number of nitrogens with one attached hydrogen (secondary N) is 1. The number of carbonyl (C=O) groups excluding carboxylic acids is 1. The lowest BCUT2D eigenvalue weighted by Crippen LogP contribution is -2.46. The highest BCUT2D eigenvalue weighted by Gasteiger charge is 2.22. The van der Waals surface area contributed by atoms with E-state index in [9.17, 15) is 4.79 Å². The number of fused-ring (bicyclic) bond motifs is 3. The van der Waals surface area contributed by atoms with Gasteiger partial charge in [0.25, 0.3) is 5.91 Å².